The molecule has 0 heterocycles. The number of fused-ring (bicyclic) bond motifs is 3. The van der Waals surface area contributed by atoms with Gasteiger partial charge in [0.2, 0.25) is 0 Å². The first-order chi connectivity index (χ1) is 21.3. The molecular formula is C43H46Cl2Zr-2. The average molecular weight is 725 g/mol. The van der Waals surface area contributed by atoms with Gasteiger partial charge in [-0.15, -0.1) is 11.1 Å². The van der Waals surface area contributed by atoms with Crippen molar-refractivity contribution >= 4 is 3.21 Å². The fourth-order valence-corrected chi connectivity index (χ4v) is 7.25. The topological polar surface area (TPSA) is 0 Å². The third-order valence-electron chi connectivity index (χ3n) is 9.44. The monoisotopic (exact) mass is 722 g/mol. The Balaban J connectivity index is 0.000000320. The van der Waals surface area contributed by atoms with Crippen LogP contribution in [0.3, 0.4) is 0 Å². The number of benzene rings is 4. The minimum absolute atomic E-state index is 0. The molecule has 0 unspecified atom stereocenters. The Bertz CT molecular complexity index is 1510. The molecule has 0 saturated heterocycles. The molecule has 1 saturated carbocycles. The van der Waals surface area contributed by atoms with Crippen LogP contribution in [0.25, 0.3) is 11.1 Å². The molecule has 0 N–H and O–H groups in total. The molecule has 0 aliphatic heterocycles. The van der Waals surface area contributed by atoms with Crippen molar-refractivity contribution in [3.8, 4) is 11.1 Å². The maximum atomic E-state index is 3.80. The van der Waals surface area contributed by atoms with Crippen LogP contribution in [0.2, 0.25) is 0 Å². The van der Waals surface area contributed by atoms with Gasteiger partial charge in [-0.05, 0) is 34.1 Å². The van der Waals surface area contributed by atoms with E-state index in [9.17, 15) is 0 Å². The van der Waals surface area contributed by atoms with Gasteiger partial charge in [0, 0.05) is 5.41 Å². The summed E-state index contributed by atoms with van der Waals surface area (Å²) in [4.78, 5) is 0. The van der Waals surface area contributed by atoms with Gasteiger partial charge in [0.05, 0.1) is 0 Å². The van der Waals surface area contributed by atoms with E-state index >= 15 is 0 Å². The van der Waals surface area contributed by atoms with E-state index in [2.05, 4.69) is 125 Å². The van der Waals surface area contributed by atoms with E-state index in [0.29, 0.717) is 0 Å². The molecule has 3 heteroatoms. The predicted octanol–water partition coefficient (Wildman–Crippen LogP) is 5.18. The molecule has 0 radical (unpaired) electrons. The maximum Gasteiger partial charge on any atom is -0.172 e. The molecule has 0 amide bonds. The molecule has 238 valence electrons. The largest absolute Gasteiger partial charge is 0.214 e. The van der Waals surface area contributed by atoms with Crippen molar-refractivity contribution < 1.29 is 49.0 Å². The number of halogens is 2. The van der Waals surface area contributed by atoms with Gasteiger partial charge in [-0.3, -0.25) is 0 Å². The molecule has 0 aromatic heterocycles. The summed E-state index contributed by atoms with van der Waals surface area (Å²) in [7, 11) is 0. The van der Waals surface area contributed by atoms with Gasteiger partial charge >= 0.3 is 66.0 Å². The molecule has 2 aliphatic rings. The van der Waals surface area contributed by atoms with Crippen LogP contribution >= 0.6 is 0 Å². The zero-order chi connectivity index (χ0) is 31.0. The number of hydrogen-bond donors (Lipinski definition) is 0. The molecule has 0 bridgehead atoms. The van der Waals surface area contributed by atoms with Crippen LogP contribution in [0.15, 0.2) is 121 Å². The Kier molecular flexibility index (Phi) is 14.6. The zero-order valence-electron chi connectivity index (χ0n) is 27.8. The Morgan fingerprint density at radius 2 is 1.13 bits per heavy atom. The number of hydrogen-bond acceptors (Lipinski definition) is 0. The second-order valence-electron chi connectivity index (χ2n) is 13.3. The second kappa shape index (κ2) is 17.6. The normalized spacial score (nSPS) is 13.7. The Hall–Kier alpha value is -2.44. The summed E-state index contributed by atoms with van der Waals surface area (Å²) in [6.45, 7) is 9.23. The third kappa shape index (κ3) is 9.34. The van der Waals surface area contributed by atoms with E-state index < -0.39 is 0 Å². The van der Waals surface area contributed by atoms with Crippen LogP contribution in [0.4, 0.5) is 0 Å². The van der Waals surface area contributed by atoms with E-state index in [0.717, 1.165) is 6.42 Å². The van der Waals surface area contributed by atoms with Crippen molar-refractivity contribution in [2.45, 2.75) is 83.5 Å². The van der Waals surface area contributed by atoms with Crippen LogP contribution in [-0.4, -0.2) is 3.21 Å². The quantitative estimate of drug-likeness (QED) is 0.174. The summed E-state index contributed by atoms with van der Waals surface area (Å²) in [6, 6.07) is 47.0. The third-order valence-corrected chi connectivity index (χ3v) is 10.7. The van der Waals surface area contributed by atoms with Gasteiger partial charge < -0.3 is 24.8 Å². The Morgan fingerprint density at radius 1 is 0.587 bits per heavy atom. The van der Waals surface area contributed by atoms with Crippen molar-refractivity contribution in [1.29, 1.82) is 0 Å². The van der Waals surface area contributed by atoms with E-state index in [4.69, 9.17) is 0 Å². The average Bonchev–Trinajstić information content (AvgIpc) is 3.70. The molecule has 5 aromatic carbocycles. The van der Waals surface area contributed by atoms with Gasteiger partial charge in [-0.2, -0.15) is 42.0 Å². The summed E-state index contributed by atoms with van der Waals surface area (Å²) >= 11 is 1.69. The number of rotatable bonds is 4. The SMILES string of the molecule is CC(C)(c1[c-]c2c(cc1)-c1ccc(C(C)(C)c3ccccc3)cc1C2)c1ccccc1.[Cl-].[Cl-].[Zr+2]=[C]1CCCCCC1.c1cc[cH-]c1. The molecule has 0 nitrogen and oxygen atoms in total. The van der Waals surface area contributed by atoms with Crippen LogP contribution in [0, 0.1) is 6.07 Å². The fourth-order valence-electron chi connectivity index (χ4n) is 6.38. The van der Waals surface area contributed by atoms with Crippen molar-refractivity contribution in [3.05, 3.63) is 161 Å². The van der Waals surface area contributed by atoms with Gasteiger partial charge in [-0.25, -0.2) is 12.1 Å². The van der Waals surface area contributed by atoms with Crippen molar-refractivity contribution in [2.75, 3.05) is 0 Å². The molecular weight excluding hydrogens is 679 g/mol. The van der Waals surface area contributed by atoms with Crippen LogP contribution in [0.1, 0.15) is 99.6 Å². The molecule has 0 spiro atoms. The Morgan fingerprint density at radius 3 is 1.67 bits per heavy atom. The smallest absolute Gasteiger partial charge is 0.172 e. The van der Waals surface area contributed by atoms with Crippen LogP contribution in [0.5, 0.6) is 0 Å². The zero-order valence-corrected chi connectivity index (χ0v) is 31.7. The first-order valence-electron chi connectivity index (χ1n) is 16.3. The Labute approximate surface area is 305 Å². The predicted molar refractivity (Wildman–Crippen MR) is 185 cm³/mol. The van der Waals surface area contributed by atoms with Crippen molar-refractivity contribution in [1.82, 2.24) is 0 Å². The summed E-state index contributed by atoms with van der Waals surface area (Å²) in [5, 5.41) is 0. The molecule has 2 aliphatic carbocycles. The summed E-state index contributed by atoms with van der Waals surface area (Å²) in [5.41, 5.74) is 10.7. The van der Waals surface area contributed by atoms with E-state index in [1.165, 1.54) is 83.0 Å². The van der Waals surface area contributed by atoms with Crippen molar-refractivity contribution in [3.63, 3.8) is 0 Å². The summed E-state index contributed by atoms with van der Waals surface area (Å²) in [6.07, 6.45) is 9.76. The fraction of sp³-hybridized carbons (Fsp3) is 0.302. The molecule has 7 rings (SSSR count). The maximum absolute atomic E-state index is 3.80. The summed E-state index contributed by atoms with van der Waals surface area (Å²) in [5.74, 6) is 0. The van der Waals surface area contributed by atoms with Crippen molar-refractivity contribution in [2.24, 2.45) is 0 Å². The second-order valence-corrected chi connectivity index (χ2v) is 15.0. The standard InChI is InChI=1S/C31H29.C7H12.C5H5.2ClH.Zr/c1-30(2,24-11-7-5-8-12-24)26-15-17-28-22(20-26)19-23-21-27(16-18-29(23)28)31(3,4)25-13-9-6-10-14-25;1-2-4-6-7-5-3-1;1-2-4-5-3-1;;;/h5-18,20H,19H2,1-4H3;1-6H2;1-5H;2*1H;/q-1;;-1;;;+2/p-2. The first kappa shape index (κ1) is 38.0. The minimum Gasteiger partial charge on any atom is -0.214 e. The van der Waals surface area contributed by atoms with Gasteiger partial charge in [0.15, 0.2) is 0 Å². The molecule has 0 atom stereocenters. The van der Waals surface area contributed by atoms with E-state index in [1.54, 1.807) is 24.2 Å². The first-order valence-corrected chi connectivity index (χ1v) is 17.5. The van der Waals surface area contributed by atoms with Crippen LogP contribution < -0.4 is 24.8 Å². The van der Waals surface area contributed by atoms with Gasteiger partial charge in [0.25, 0.3) is 0 Å². The molecule has 1 fully saturated rings. The van der Waals surface area contributed by atoms with Crippen LogP contribution in [-0.2, 0) is 41.5 Å². The summed E-state index contributed by atoms with van der Waals surface area (Å²) < 4.78 is 1.81. The van der Waals surface area contributed by atoms with E-state index in [-0.39, 0.29) is 35.6 Å². The van der Waals surface area contributed by atoms with Gasteiger partial charge in [0.1, 0.15) is 0 Å². The molecule has 5 aromatic rings. The molecule has 46 heavy (non-hydrogen) atoms. The van der Waals surface area contributed by atoms with Gasteiger partial charge in [-0.1, -0.05) is 112 Å². The minimum atomic E-state index is -0.0640. The van der Waals surface area contributed by atoms with E-state index in [1.807, 2.05) is 33.5 Å².